The first kappa shape index (κ1) is 10.2. The lowest BCUT2D eigenvalue weighted by Gasteiger charge is -2.05. The number of halogens is 1. The zero-order valence-corrected chi connectivity index (χ0v) is 9.35. The second-order valence-corrected chi connectivity index (χ2v) is 3.76. The Kier molecular flexibility index (Phi) is 3.06. The Balaban J connectivity index is 1.98. The summed E-state index contributed by atoms with van der Waals surface area (Å²) in [5.41, 5.74) is 2.22. The first-order valence-electron chi connectivity index (χ1n) is 4.83. The van der Waals surface area contributed by atoms with E-state index in [9.17, 15) is 0 Å². The van der Waals surface area contributed by atoms with Crippen molar-refractivity contribution in [2.45, 2.75) is 25.9 Å². The summed E-state index contributed by atoms with van der Waals surface area (Å²) in [6.45, 7) is 3.72. The van der Waals surface area contributed by atoms with E-state index in [1.165, 1.54) is 5.56 Å². The number of hydrogen-bond donors (Lipinski definition) is 0. The summed E-state index contributed by atoms with van der Waals surface area (Å²) >= 11 is 5.78. The topological polar surface area (TPSA) is 35.6 Å². The minimum absolute atomic E-state index is 0.498. The fraction of sp³-hybridized carbons (Fsp3) is 0.400. The molecule has 2 aromatic heterocycles. The van der Waals surface area contributed by atoms with Gasteiger partial charge in [-0.2, -0.15) is 5.10 Å². The number of aromatic nitrogens is 4. The van der Waals surface area contributed by atoms with Crippen molar-refractivity contribution in [3.63, 3.8) is 0 Å². The predicted molar refractivity (Wildman–Crippen MR) is 58.7 cm³/mol. The molecule has 0 aromatic carbocycles. The highest BCUT2D eigenvalue weighted by molar-refractivity contribution is 6.16. The van der Waals surface area contributed by atoms with Crippen LogP contribution >= 0.6 is 11.6 Å². The average Bonchev–Trinajstić information content (AvgIpc) is 2.83. The van der Waals surface area contributed by atoms with Crippen LogP contribution in [0.15, 0.2) is 24.9 Å². The van der Waals surface area contributed by atoms with Crippen LogP contribution in [-0.4, -0.2) is 19.3 Å². The molecule has 80 valence electrons. The molecule has 2 rings (SSSR count). The molecule has 0 unspecified atom stereocenters. The Morgan fingerprint density at radius 1 is 1.33 bits per heavy atom. The summed E-state index contributed by atoms with van der Waals surface area (Å²) in [6.07, 6.45) is 7.48. The van der Waals surface area contributed by atoms with E-state index in [0.717, 1.165) is 18.8 Å². The maximum absolute atomic E-state index is 5.78. The van der Waals surface area contributed by atoms with Crippen molar-refractivity contribution < 1.29 is 0 Å². The first-order chi connectivity index (χ1) is 7.29. The number of nitrogens with zero attached hydrogens (tertiary/aromatic N) is 4. The highest BCUT2D eigenvalue weighted by Gasteiger charge is 2.00. The zero-order valence-electron chi connectivity index (χ0n) is 8.60. The largest absolute Gasteiger partial charge is 0.332 e. The van der Waals surface area contributed by atoms with Gasteiger partial charge in [-0.3, -0.25) is 4.68 Å². The van der Waals surface area contributed by atoms with Gasteiger partial charge in [-0.15, -0.1) is 11.6 Å². The van der Waals surface area contributed by atoms with Gasteiger partial charge in [0.05, 0.1) is 30.6 Å². The molecule has 0 amide bonds. The van der Waals surface area contributed by atoms with E-state index >= 15 is 0 Å². The van der Waals surface area contributed by atoms with Crippen molar-refractivity contribution in [1.82, 2.24) is 19.3 Å². The second-order valence-electron chi connectivity index (χ2n) is 3.49. The third-order valence-corrected chi connectivity index (χ3v) is 2.54. The fourth-order valence-electron chi connectivity index (χ4n) is 1.46. The van der Waals surface area contributed by atoms with Gasteiger partial charge in [0.15, 0.2) is 0 Å². The Labute approximate surface area is 93.5 Å². The summed E-state index contributed by atoms with van der Waals surface area (Å²) in [7, 11) is 0. The van der Waals surface area contributed by atoms with Crippen molar-refractivity contribution >= 4 is 11.6 Å². The maximum Gasteiger partial charge on any atom is 0.0949 e. The minimum Gasteiger partial charge on any atom is -0.332 e. The lowest BCUT2D eigenvalue weighted by molar-refractivity contribution is 0.526. The van der Waals surface area contributed by atoms with Gasteiger partial charge in [-0.05, 0) is 12.5 Å². The Morgan fingerprint density at radius 3 is 2.87 bits per heavy atom. The van der Waals surface area contributed by atoms with E-state index in [1.54, 1.807) is 12.5 Å². The van der Waals surface area contributed by atoms with Crippen molar-refractivity contribution in [3.05, 3.63) is 36.2 Å². The van der Waals surface area contributed by atoms with Crippen LogP contribution in [0.25, 0.3) is 0 Å². The molecule has 2 aromatic rings. The summed E-state index contributed by atoms with van der Waals surface area (Å²) in [5, 5.41) is 4.22. The van der Waals surface area contributed by atoms with Gasteiger partial charge in [0.25, 0.3) is 0 Å². The molecule has 15 heavy (non-hydrogen) atoms. The number of rotatable bonds is 4. The molecule has 0 saturated heterocycles. The molecule has 0 atom stereocenters. The fourth-order valence-corrected chi connectivity index (χ4v) is 1.68. The minimum atomic E-state index is 0.498. The monoisotopic (exact) mass is 224 g/mol. The number of alkyl halides is 1. The smallest absolute Gasteiger partial charge is 0.0949 e. The van der Waals surface area contributed by atoms with Crippen LogP contribution in [0.4, 0.5) is 0 Å². The first-order valence-corrected chi connectivity index (χ1v) is 5.37. The molecule has 0 saturated carbocycles. The van der Waals surface area contributed by atoms with Crippen LogP contribution in [0.5, 0.6) is 0 Å². The molecular formula is C10H13ClN4. The molecule has 0 N–H and O–H groups in total. The normalized spacial score (nSPS) is 10.8. The SMILES string of the molecule is Cc1cnn(CCn2cncc2CCl)c1. The van der Waals surface area contributed by atoms with Crippen molar-refractivity contribution in [2.24, 2.45) is 0 Å². The molecule has 0 aliphatic rings. The summed E-state index contributed by atoms with van der Waals surface area (Å²) < 4.78 is 3.97. The molecule has 0 fully saturated rings. The molecular weight excluding hydrogens is 212 g/mol. The predicted octanol–water partition coefficient (Wildman–Crippen LogP) is 1.83. The zero-order chi connectivity index (χ0) is 10.7. The van der Waals surface area contributed by atoms with E-state index in [0.29, 0.717) is 5.88 Å². The van der Waals surface area contributed by atoms with E-state index in [4.69, 9.17) is 11.6 Å². The van der Waals surface area contributed by atoms with Crippen molar-refractivity contribution in [1.29, 1.82) is 0 Å². The quantitative estimate of drug-likeness (QED) is 0.743. The van der Waals surface area contributed by atoms with Crippen LogP contribution in [-0.2, 0) is 19.0 Å². The van der Waals surface area contributed by atoms with Gasteiger partial charge in [0.2, 0.25) is 0 Å². The van der Waals surface area contributed by atoms with Crippen LogP contribution in [0, 0.1) is 6.92 Å². The molecule has 0 aliphatic heterocycles. The van der Waals surface area contributed by atoms with Gasteiger partial charge in [0.1, 0.15) is 0 Å². The summed E-state index contributed by atoms with van der Waals surface area (Å²) in [4.78, 5) is 4.06. The molecule has 4 nitrogen and oxygen atoms in total. The number of aryl methyl sites for hydroxylation is 3. The third-order valence-electron chi connectivity index (χ3n) is 2.27. The molecule has 0 bridgehead atoms. The Hall–Kier alpha value is -1.29. The van der Waals surface area contributed by atoms with E-state index < -0.39 is 0 Å². The van der Waals surface area contributed by atoms with Crippen molar-refractivity contribution in [2.75, 3.05) is 0 Å². The molecule has 2 heterocycles. The van der Waals surface area contributed by atoms with Gasteiger partial charge in [-0.1, -0.05) is 0 Å². The highest BCUT2D eigenvalue weighted by atomic mass is 35.5. The van der Waals surface area contributed by atoms with Gasteiger partial charge in [0, 0.05) is 18.9 Å². The Morgan fingerprint density at radius 2 is 2.20 bits per heavy atom. The molecule has 0 radical (unpaired) electrons. The second kappa shape index (κ2) is 4.49. The van der Waals surface area contributed by atoms with Crippen LogP contribution < -0.4 is 0 Å². The van der Waals surface area contributed by atoms with E-state index in [1.807, 2.05) is 28.6 Å². The number of imidazole rings is 1. The van der Waals surface area contributed by atoms with Crippen LogP contribution in [0.3, 0.4) is 0 Å². The van der Waals surface area contributed by atoms with Gasteiger partial charge in [-0.25, -0.2) is 4.98 Å². The Bertz CT molecular complexity index is 432. The highest BCUT2D eigenvalue weighted by Crippen LogP contribution is 2.04. The lowest BCUT2D eigenvalue weighted by atomic mass is 10.4. The summed E-state index contributed by atoms with van der Waals surface area (Å²) in [5.74, 6) is 0.498. The average molecular weight is 225 g/mol. The molecule has 5 heteroatoms. The maximum atomic E-state index is 5.78. The molecule has 0 aliphatic carbocycles. The lowest BCUT2D eigenvalue weighted by Crippen LogP contribution is -2.08. The van der Waals surface area contributed by atoms with Crippen LogP contribution in [0.1, 0.15) is 11.3 Å². The number of hydrogen-bond acceptors (Lipinski definition) is 2. The molecule has 0 spiro atoms. The van der Waals surface area contributed by atoms with Gasteiger partial charge < -0.3 is 4.57 Å². The standard InChI is InChI=1S/C10H13ClN4/c1-9-5-13-15(7-9)3-2-14-8-12-6-10(14)4-11/h5-8H,2-4H2,1H3. The van der Waals surface area contributed by atoms with Crippen LogP contribution in [0.2, 0.25) is 0 Å². The summed E-state index contributed by atoms with van der Waals surface area (Å²) in [6, 6.07) is 0. The van der Waals surface area contributed by atoms with E-state index in [2.05, 4.69) is 10.1 Å². The third kappa shape index (κ3) is 2.39. The van der Waals surface area contributed by atoms with Crippen molar-refractivity contribution in [3.8, 4) is 0 Å². The van der Waals surface area contributed by atoms with Gasteiger partial charge >= 0.3 is 0 Å². The van der Waals surface area contributed by atoms with E-state index in [-0.39, 0.29) is 0 Å².